The SMILES string of the molecule is CC(C)(C)OC(=O)N1CCC2(CC1)CC(=O)c1cc(-c3ccc(S(C)(=O)=O)cc3)ccc1O2. The number of carbonyl (C=O) groups excluding carboxylic acids is 2. The molecule has 1 amide bonds. The number of hydrogen-bond acceptors (Lipinski definition) is 6. The maximum Gasteiger partial charge on any atom is 0.410 e. The number of likely N-dealkylation sites (tertiary alicyclic amines) is 1. The zero-order chi connectivity index (χ0) is 24.0. The fraction of sp³-hybridized carbons (Fsp3) is 0.440. The number of fused-ring (bicyclic) bond motifs is 1. The summed E-state index contributed by atoms with van der Waals surface area (Å²) in [6.45, 7) is 6.46. The average molecular weight is 472 g/mol. The van der Waals surface area contributed by atoms with Gasteiger partial charge >= 0.3 is 6.09 Å². The van der Waals surface area contributed by atoms with Crippen LogP contribution in [0.25, 0.3) is 11.1 Å². The number of nitrogens with zero attached hydrogens (tertiary/aromatic N) is 1. The lowest BCUT2D eigenvalue weighted by Crippen LogP contribution is -2.52. The van der Waals surface area contributed by atoms with Crippen molar-refractivity contribution < 1.29 is 27.5 Å². The first kappa shape index (κ1) is 23.3. The fourth-order valence-electron chi connectivity index (χ4n) is 4.27. The zero-order valence-corrected chi connectivity index (χ0v) is 20.2. The second-order valence-electron chi connectivity index (χ2n) is 9.86. The van der Waals surface area contributed by atoms with Crippen LogP contribution in [0.3, 0.4) is 0 Å². The van der Waals surface area contributed by atoms with Crippen molar-refractivity contribution in [3.8, 4) is 16.9 Å². The van der Waals surface area contributed by atoms with Crippen molar-refractivity contribution in [1.29, 1.82) is 0 Å². The number of ketones is 1. The Morgan fingerprint density at radius 3 is 2.21 bits per heavy atom. The molecule has 176 valence electrons. The van der Waals surface area contributed by atoms with Gasteiger partial charge in [0.25, 0.3) is 0 Å². The predicted molar refractivity (Wildman–Crippen MR) is 124 cm³/mol. The third kappa shape index (κ3) is 5.05. The van der Waals surface area contributed by atoms with Crippen molar-refractivity contribution in [1.82, 2.24) is 4.90 Å². The number of amides is 1. The van der Waals surface area contributed by atoms with E-state index >= 15 is 0 Å². The highest BCUT2D eigenvalue weighted by molar-refractivity contribution is 7.90. The molecule has 0 atom stereocenters. The topological polar surface area (TPSA) is 90.0 Å². The molecule has 0 N–H and O–H groups in total. The molecular weight excluding hydrogens is 442 g/mol. The number of sulfone groups is 1. The van der Waals surface area contributed by atoms with Crippen LogP contribution in [0, 0.1) is 0 Å². The normalized spacial score (nSPS) is 17.9. The molecule has 2 heterocycles. The molecule has 0 unspecified atom stereocenters. The number of piperidine rings is 1. The van der Waals surface area contributed by atoms with Gasteiger partial charge in [0.2, 0.25) is 0 Å². The molecule has 0 bridgehead atoms. The number of benzene rings is 2. The number of Topliss-reactive ketones (excluding diaryl/α,β-unsaturated/α-hetero) is 1. The minimum absolute atomic E-state index is 0.0107. The largest absolute Gasteiger partial charge is 0.486 e. The highest BCUT2D eigenvalue weighted by atomic mass is 32.2. The van der Waals surface area contributed by atoms with Crippen molar-refractivity contribution in [3.63, 3.8) is 0 Å². The molecule has 8 heteroatoms. The average Bonchev–Trinajstić information content (AvgIpc) is 2.72. The third-order valence-corrected chi connectivity index (χ3v) is 7.16. The summed E-state index contributed by atoms with van der Waals surface area (Å²) in [6.07, 6.45) is 2.22. The van der Waals surface area contributed by atoms with E-state index in [1.807, 2.05) is 26.8 Å². The Labute approximate surface area is 194 Å². The molecular formula is C25H29NO6S. The molecule has 1 saturated heterocycles. The summed E-state index contributed by atoms with van der Waals surface area (Å²) in [7, 11) is -3.27. The molecule has 4 rings (SSSR count). The second kappa shape index (κ2) is 8.17. The summed E-state index contributed by atoms with van der Waals surface area (Å²) >= 11 is 0. The van der Waals surface area contributed by atoms with Crippen LogP contribution in [0.4, 0.5) is 4.79 Å². The van der Waals surface area contributed by atoms with Gasteiger partial charge in [0, 0.05) is 32.2 Å². The van der Waals surface area contributed by atoms with Crippen molar-refractivity contribution in [2.75, 3.05) is 19.3 Å². The Morgan fingerprint density at radius 2 is 1.64 bits per heavy atom. The van der Waals surface area contributed by atoms with E-state index in [0.29, 0.717) is 37.2 Å². The Balaban J connectivity index is 1.49. The highest BCUT2D eigenvalue weighted by Crippen LogP contribution is 2.41. The third-order valence-electron chi connectivity index (χ3n) is 6.03. The van der Waals surface area contributed by atoms with Crippen LogP contribution >= 0.6 is 0 Å². The fourth-order valence-corrected chi connectivity index (χ4v) is 4.90. The Hall–Kier alpha value is -2.87. The molecule has 1 spiro atoms. The first-order chi connectivity index (χ1) is 15.4. The van der Waals surface area contributed by atoms with Gasteiger partial charge in [-0.3, -0.25) is 4.79 Å². The van der Waals surface area contributed by atoms with Crippen LogP contribution in [0.1, 0.15) is 50.4 Å². The molecule has 33 heavy (non-hydrogen) atoms. The summed E-state index contributed by atoms with van der Waals surface area (Å²) in [5.74, 6) is 0.560. The quantitative estimate of drug-likeness (QED) is 0.641. The van der Waals surface area contributed by atoms with Gasteiger partial charge in [0.1, 0.15) is 17.0 Å². The minimum atomic E-state index is -3.27. The van der Waals surface area contributed by atoms with Crippen molar-refractivity contribution >= 4 is 21.7 Å². The van der Waals surface area contributed by atoms with E-state index in [1.165, 1.54) is 6.26 Å². The maximum atomic E-state index is 13.1. The maximum absolute atomic E-state index is 13.1. The van der Waals surface area contributed by atoms with Gasteiger partial charge in [-0.15, -0.1) is 0 Å². The van der Waals surface area contributed by atoms with E-state index < -0.39 is 21.0 Å². The van der Waals surface area contributed by atoms with Gasteiger partial charge in [0.15, 0.2) is 15.6 Å². The molecule has 2 aliphatic rings. The molecule has 1 fully saturated rings. The second-order valence-corrected chi connectivity index (χ2v) is 11.9. The van der Waals surface area contributed by atoms with Gasteiger partial charge in [-0.2, -0.15) is 0 Å². The minimum Gasteiger partial charge on any atom is -0.486 e. The molecule has 0 radical (unpaired) electrons. The van der Waals surface area contributed by atoms with Crippen LogP contribution in [-0.4, -0.2) is 55.7 Å². The monoisotopic (exact) mass is 471 g/mol. The van der Waals surface area contributed by atoms with E-state index in [2.05, 4.69) is 0 Å². The van der Waals surface area contributed by atoms with E-state index in [1.54, 1.807) is 41.3 Å². The smallest absolute Gasteiger partial charge is 0.410 e. The number of ether oxygens (including phenoxy) is 2. The van der Waals surface area contributed by atoms with Crippen LogP contribution in [0.5, 0.6) is 5.75 Å². The lowest BCUT2D eigenvalue weighted by atomic mass is 9.82. The molecule has 0 saturated carbocycles. The summed E-state index contributed by atoms with van der Waals surface area (Å²) in [5.41, 5.74) is 1.01. The Morgan fingerprint density at radius 1 is 1.03 bits per heavy atom. The molecule has 2 aromatic carbocycles. The van der Waals surface area contributed by atoms with Gasteiger partial charge in [-0.05, 0) is 56.2 Å². The molecule has 2 aliphatic heterocycles. The number of hydrogen-bond donors (Lipinski definition) is 0. The van der Waals surface area contributed by atoms with Gasteiger partial charge in [0.05, 0.1) is 16.9 Å². The molecule has 0 aromatic heterocycles. The first-order valence-corrected chi connectivity index (χ1v) is 12.9. The van der Waals surface area contributed by atoms with Crippen molar-refractivity contribution in [3.05, 3.63) is 48.0 Å². The van der Waals surface area contributed by atoms with E-state index in [9.17, 15) is 18.0 Å². The van der Waals surface area contributed by atoms with Gasteiger partial charge < -0.3 is 14.4 Å². The number of rotatable bonds is 2. The van der Waals surface area contributed by atoms with Crippen LogP contribution < -0.4 is 4.74 Å². The summed E-state index contributed by atoms with van der Waals surface area (Å²) in [6, 6.07) is 12.1. The first-order valence-electron chi connectivity index (χ1n) is 11.0. The lowest BCUT2D eigenvalue weighted by Gasteiger charge is -2.44. The summed E-state index contributed by atoms with van der Waals surface area (Å²) < 4.78 is 35.2. The van der Waals surface area contributed by atoms with Gasteiger partial charge in [-0.1, -0.05) is 18.2 Å². The van der Waals surface area contributed by atoms with Crippen LogP contribution in [-0.2, 0) is 14.6 Å². The summed E-state index contributed by atoms with van der Waals surface area (Å²) in [5, 5.41) is 0. The van der Waals surface area contributed by atoms with E-state index in [-0.39, 0.29) is 23.2 Å². The van der Waals surface area contributed by atoms with E-state index in [4.69, 9.17) is 9.47 Å². The Kier molecular flexibility index (Phi) is 5.76. The number of carbonyl (C=O) groups is 2. The molecule has 2 aromatic rings. The molecule has 7 nitrogen and oxygen atoms in total. The Bertz CT molecular complexity index is 1190. The van der Waals surface area contributed by atoms with Crippen molar-refractivity contribution in [2.24, 2.45) is 0 Å². The predicted octanol–water partition coefficient (Wildman–Crippen LogP) is 4.49. The van der Waals surface area contributed by atoms with Crippen LogP contribution in [0.15, 0.2) is 47.4 Å². The molecule has 0 aliphatic carbocycles. The van der Waals surface area contributed by atoms with Crippen molar-refractivity contribution in [2.45, 2.75) is 56.1 Å². The highest BCUT2D eigenvalue weighted by Gasteiger charge is 2.44. The lowest BCUT2D eigenvalue weighted by molar-refractivity contribution is -0.0226. The standard InChI is InChI=1S/C25H29NO6S/c1-24(2,3)32-23(28)26-13-11-25(12-14-26)16-21(27)20-15-18(7-10-22(20)31-25)17-5-8-19(9-6-17)33(4,29)30/h5-10,15H,11-14,16H2,1-4H3. The van der Waals surface area contributed by atoms with Crippen LogP contribution in [0.2, 0.25) is 0 Å². The van der Waals surface area contributed by atoms with E-state index in [0.717, 1.165) is 11.1 Å². The van der Waals surface area contributed by atoms with Gasteiger partial charge in [-0.25, -0.2) is 13.2 Å². The summed E-state index contributed by atoms with van der Waals surface area (Å²) in [4.78, 5) is 27.3. The zero-order valence-electron chi connectivity index (χ0n) is 19.4.